The molecule has 0 saturated carbocycles. The third-order valence-corrected chi connectivity index (χ3v) is 4.14. The van der Waals surface area contributed by atoms with Crippen LogP contribution in [0.4, 0.5) is 22.7 Å². The number of benzene rings is 2. The number of phenolic OH excluding ortho intramolecular Hbond substituents is 1. The standard InChI is InChI=1S/C17H11F4N3OS/c18-13-7-6-12(17(19,20)21)15(25)11(13)8-22-24-16-23-14(9-26-16)10-4-2-1-3-5-10/h1-9,25H,(H,23,24). The van der Waals surface area contributed by atoms with Crippen LogP contribution in [-0.2, 0) is 6.18 Å². The SMILES string of the molecule is Oc1c(C(F)(F)F)ccc(F)c1C=NNc1nc(-c2ccccc2)cs1. The molecule has 0 aliphatic rings. The van der Waals surface area contributed by atoms with Crippen LogP contribution in [-0.4, -0.2) is 16.3 Å². The molecule has 0 aliphatic carbocycles. The number of aromatic nitrogens is 1. The third-order valence-electron chi connectivity index (χ3n) is 3.40. The van der Waals surface area contributed by atoms with Crippen molar-refractivity contribution in [1.29, 1.82) is 0 Å². The van der Waals surface area contributed by atoms with E-state index in [-0.39, 0.29) is 0 Å². The summed E-state index contributed by atoms with van der Waals surface area (Å²) in [5.41, 5.74) is 2.11. The van der Waals surface area contributed by atoms with Crippen LogP contribution in [0.15, 0.2) is 52.9 Å². The van der Waals surface area contributed by atoms with Gasteiger partial charge in [0.1, 0.15) is 11.6 Å². The first-order valence-electron chi connectivity index (χ1n) is 7.25. The van der Waals surface area contributed by atoms with Crippen molar-refractivity contribution in [3.63, 3.8) is 0 Å². The van der Waals surface area contributed by atoms with E-state index in [0.29, 0.717) is 23.0 Å². The van der Waals surface area contributed by atoms with Crippen molar-refractivity contribution in [2.24, 2.45) is 5.10 Å². The van der Waals surface area contributed by atoms with Gasteiger partial charge in [0.15, 0.2) is 0 Å². The minimum Gasteiger partial charge on any atom is -0.507 e. The third kappa shape index (κ3) is 3.83. The summed E-state index contributed by atoms with van der Waals surface area (Å²) in [6.45, 7) is 0. The van der Waals surface area contributed by atoms with Gasteiger partial charge in [-0.3, -0.25) is 5.43 Å². The van der Waals surface area contributed by atoms with Gasteiger partial charge >= 0.3 is 6.18 Å². The predicted octanol–water partition coefficient (Wildman–Crippen LogP) is 5.12. The largest absolute Gasteiger partial charge is 0.507 e. The number of hydrazone groups is 1. The monoisotopic (exact) mass is 381 g/mol. The van der Waals surface area contributed by atoms with E-state index in [1.807, 2.05) is 30.3 Å². The summed E-state index contributed by atoms with van der Waals surface area (Å²) in [4.78, 5) is 4.27. The van der Waals surface area contributed by atoms with E-state index < -0.39 is 28.9 Å². The average Bonchev–Trinajstić information content (AvgIpc) is 3.06. The predicted molar refractivity (Wildman–Crippen MR) is 91.8 cm³/mol. The van der Waals surface area contributed by atoms with Gasteiger partial charge in [-0.05, 0) is 12.1 Å². The minimum atomic E-state index is -4.80. The summed E-state index contributed by atoms with van der Waals surface area (Å²) in [6, 6.07) is 10.4. The van der Waals surface area contributed by atoms with Crippen molar-refractivity contribution in [3.05, 3.63) is 64.8 Å². The zero-order valence-corrected chi connectivity index (χ0v) is 13.8. The number of hydrogen-bond acceptors (Lipinski definition) is 5. The number of alkyl halides is 3. The van der Waals surface area contributed by atoms with Crippen molar-refractivity contribution in [3.8, 4) is 17.0 Å². The van der Waals surface area contributed by atoms with Gasteiger partial charge in [-0.1, -0.05) is 30.3 Å². The lowest BCUT2D eigenvalue weighted by Crippen LogP contribution is -2.07. The van der Waals surface area contributed by atoms with Crippen molar-refractivity contribution >= 4 is 22.7 Å². The molecule has 0 radical (unpaired) electrons. The maximum Gasteiger partial charge on any atom is 0.419 e. The number of rotatable bonds is 4. The molecule has 0 bridgehead atoms. The summed E-state index contributed by atoms with van der Waals surface area (Å²) in [7, 11) is 0. The molecule has 1 heterocycles. The molecule has 0 aliphatic heterocycles. The number of anilines is 1. The van der Waals surface area contributed by atoms with E-state index >= 15 is 0 Å². The molecule has 2 N–H and O–H groups in total. The number of halogens is 4. The molecule has 0 atom stereocenters. The van der Waals surface area contributed by atoms with E-state index in [1.165, 1.54) is 11.3 Å². The first kappa shape index (κ1) is 17.9. The number of nitrogens with one attached hydrogen (secondary N) is 1. The molecule has 9 heteroatoms. The Morgan fingerprint density at radius 2 is 1.85 bits per heavy atom. The Labute approximate surface area is 149 Å². The van der Waals surface area contributed by atoms with Gasteiger partial charge in [0, 0.05) is 10.9 Å². The summed E-state index contributed by atoms with van der Waals surface area (Å²) in [6.07, 6.45) is -4.02. The highest BCUT2D eigenvalue weighted by Gasteiger charge is 2.35. The molecule has 2 aromatic carbocycles. The number of aromatic hydroxyl groups is 1. The molecule has 3 aromatic rings. The fourth-order valence-electron chi connectivity index (χ4n) is 2.15. The molecule has 134 valence electrons. The Morgan fingerprint density at radius 1 is 1.12 bits per heavy atom. The lowest BCUT2D eigenvalue weighted by Gasteiger charge is -2.10. The van der Waals surface area contributed by atoms with E-state index in [0.717, 1.165) is 11.8 Å². The number of hydrogen-bond donors (Lipinski definition) is 2. The highest BCUT2D eigenvalue weighted by molar-refractivity contribution is 7.14. The van der Waals surface area contributed by atoms with Gasteiger partial charge in [0.05, 0.1) is 23.0 Å². The van der Waals surface area contributed by atoms with E-state index in [9.17, 15) is 22.7 Å². The molecule has 0 amide bonds. The molecule has 1 aromatic heterocycles. The second-order valence-corrected chi connectivity index (χ2v) is 5.99. The summed E-state index contributed by atoms with van der Waals surface area (Å²) < 4.78 is 52.0. The van der Waals surface area contributed by atoms with Crippen LogP contribution in [0.25, 0.3) is 11.3 Å². The summed E-state index contributed by atoms with van der Waals surface area (Å²) in [5.74, 6) is -2.24. The van der Waals surface area contributed by atoms with Crippen LogP contribution in [0.5, 0.6) is 5.75 Å². The first-order chi connectivity index (χ1) is 12.4. The van der Waals surface area contributed by atoms with Gasteiger partial charge in [0.25, 0.3) is 0 Å². The van der Waals surface area contributed by atoms with E-state index in [1.54, 1.807) is 5.38 Å². The molecule has 3 rings (SSSR count). The second kappa shape index (κ2) is 7.12. The van der Waals surface area contributed by atoms with Crippen molar-refractivity contribution in [2.45, 2.75) is 6.18 Å². The normalized spacial score (nSPS) is 11.8. The number of thiazole rings is 1. The van der Waals surface area contributed by atoms with Crippen LogP contribution in [0, 0.1) is 5.82 Å². The van der Waals surface area contributed by atoms with E-state index in [2.05, 4.69) is 15.5 Å². The van der Waals surface area contributed by atoms with Gasteiger partial charge in [-0.2, -0.15) is 18.3 Å². The molecule has 4 nitrogen and oxygen atoms in total. The summed E-state index contributed by atoms with van der Waals surface area (Å²) >= 11 is 1.22. The highest BCUT2D eigenvalue weighted by Crippen LogP contribution is 2.37. The van der Waals surface area contributed by atoms with Gasteiger partial charge in [-0.15, -0.1) is 11.3 Å². The maximum absolute atomic E-state index is 13.7. The summed E-state index contributed by atoms with van der Waals surface area (Å²) in [5, 5.41) is 15.5. The lowest BCUT2D eigenvalue weighted by atomic mass is 10.1. The van der Waals surface area contributed by atoms with Gasteiger partial charge < -0.3 is 5.11 Å². The van der Waals surface area contributed by atoms with Crippen LogP contribution >= 0.6 is 11.3 Å². The molecule has 26 heavy (non-hydrogen) atoms. The minimum absolute atomic E-state index is 0.368. The smallest absolute Gasteiger partial charge is 0.419 e. The molecule has 0 saturated heterocycles. The topological polar surface area (TPSA) is 57.5 Å². The zero-order chi connectivity index (χ0) is 18.7. The number of phenols is 1. The van der Waals surface area contributed by atoms with Crippen LogP contribution < -0.4 is 5.43 Å². The fraction of sp³-hybridized carbons (Fsp3) is 0.0588. The Hall–Kier alpha value is -2.94. The Bertz CT molecular complexity index is 939. The first-order valence-corrected chi connectivity index (χ1v) is 8.13. The Morgan fingerprint density at radius 3 is 2.54 bits per heavy atom. The van der Waals surface area contributed by atoms with Gasteiger partial charge in [0.2, 0.25) is 5.13 Å². The molecular formula is C17H11F4N3OS. The lowest BCUT2D eigenvalue weighted by molar-refractivity contribution is -0.138. The Kier molecular flexibility index (Phi) is 4.90. The van der Waals surface area contributed by atoms with E-state index in [4.69, 9.17) is 0 Å². The molecular weight excluding hydrogens is 370 g/mol. The Balaban J connectivity index is 1.79. The van der Waals surface area contributed by atoms with Crippen LogP contribution in [0.2, 0.25) is 0 Å². The molecule has 0 unspecified atom stereocenters. The fourth-order valence-corrected chi connectivity index (χ4v) is 2.82. The highest BCUT2D eigenvalue weighted by atomic mass is 32.1. The van der Waals surface area contributed by atoms with Crippen molar-refractivity contribution in [1.82, 2.24) is 4.98 Å². The quantitative estimate of drug-likeness (QED) is 0.375. The van der Waals surface area contributed by atoms with Crippen molar-refractivity contribution < 1.29 is 22.7 Å². The number of nitrogens with zero attached hydrogens (tertiary/aromatic N) is 2. The molecule has 0 spiro atoms. The van der Waals surface area contributed by atoms with Crippen molar-refractivity contribution in [2.75, 3.05) is 5.43 Å². The molecule has 0 fully saturated rings. The van der Waals surface area contributed by atoms with Crippen LogP contribution in [0.1, 0.15) is 11.1 Å². The zero-order valence-electron chi connectivity index (χ0n) is 13.0. The average molecular weight is 381 g/mol. The maximum atomic E-state index is 13.7. The van der Waals surface area contributed by atoms with Gasteiger partial charge in [-0.25, -0.2) is 9.37 Å². The second-order valence-electron chi connectivity index (χ2n) is 5.13. The van der Waals surface area contributed by atoms with Crippen LogP contribution in [0.3, 0.4) is 0 Å².